The molecule has 1 atom stereocenters. The van der Waals surface area contributed by atoms with Gasteiger partial charge in [0.15, 0.2) is 16.9 Å². The van der Waals surface area contributed by atoms with Crippen LogP contribution >= 0.6 is 0 Å². The maximum Gasteiger partial charge on any atom is 0.338 e. The van der Waals surface area contributed by atoms with E-state index in [-0.39, 0.29) is 23.4 Å². The summed E-state index contributed by atoms with van der Waals surface area (Å²) in [5.41, 5.74) is 1.85. The summed E-state index contributed by atoms with van der Waals surface area (Å²) in [5, 5.41) is 0.393. The van der Waals surface area contributed by atoms with E-state index in [2.05, 4.69) is 6.92 Å². The minimum atomic E-state index is -0.792. The summed E-state index contributed by atoms with van der Waals surface area (Å²) in [6.45, 7) is 7.00. The van der Waals surface area contributed by atoms with Crippen molar-refractivity contribution >= 4 is 28.5 Å². The average Bonchev–Trinajstić information content (AvgIpc) is 3.28. The van der Waals surface area contributed by atoms with Gasteiger partial charge in [-0.3, -0.25) is 14.5 Å². The summed E-state index contributed by atoms with van der Waals surface area (Å²) in [5.74, 6) is 0.226. The van der Waals surface area contributed by atoms with E-state index in [4.69, 9.17) is 18.6 Å². The Morgan fingerprint density at radius 3 is 2.39 bits per heavy atom. The van der Waals surface area contributed by atoms with Crippen LogP contribution in [0.1, 0.15) is 78.1 Å². The lowest BCUT2D eigenvalue weighted by atomic mass is 9.97. The first-order valence-corrected chi connectivity index (χ1v) is 14.0. The molecule has 0 N–H and O–H groups in total. The van der Waals surface area contributed by atoms with E-state index in [9.17, 15) is 14.4 Å². The van der Waals surface area contributed by atoms with Crippen LogP contribution in [0.4, 0.5) is 5.69 Å². The highest BCUT2D eigenvalue weighted by Gasteiger charge is 2.44. The predicted molar refractivity (Wildman–Crippen MR) is 156 cm³/mol. The summed E-state index contributed by atoms with van der Waals surface area (Å²) in [7, 11) is 0. The largest absolute Gasteiger partial charge is 0.490 e. The summed E-state index contributed by atoms with van der Waals surface area (Å²) in [4.78, 5) is 41.6. The fourth-order valence-electron chi connectivity index (χ4n) is 5.09. The predicted octanol–water partition coefficient (Wildman–Crippen LogP) is 6.69. The zero-order valence-electron chi connectivity index (χ0n) is 23.5. The summed E-state index contributed by atoms with van der Waals surface area (Å²) in [6.07, 6.45) is 3.08. The number of ether oxygens (including phenoxy) is 3. The van der Waals surface area contributed by atoms with Crippen LogP contribution in [0.15, 0.2) is 75.9 Å². The number of fused-ring (bicyclic) bond motifs is 2. The van der Waals surface area contributed by atoms with Gasteiger partial charge in [-0.1, -0.05) is 38.0 Å². The van der Waals surface area contributed by atoms with Crippen LogP contribution in [0.25, 0.3) is 11.0 Å². The van der Waals surface area contributed by atoms with Gasteiger partial charge in [0.25, 0.3) is 5.91 Å². The van der Waals surface area contributed by atoms with Crippen LogP contribution in [0, 0.1) is 0 Å². The third kappa shape index (κ3) is 5.42. The molecular weight excluding hydrogens is 522 g/mol. The number of benzene rings is 3. The SMILES string of the molecule is CCCCCOc1ccc(C2c3c(oc4ccccc4c3=O)C(=O)N2c2ccc(C(=O)OCC)cc2)cc1OCC. The highest BCUT2D eigenvalue weighted by atomic mass is 16.5. The monoisotopic (exact) mass is 555 g/mol. The van der Waals surface area contributed by atoms with Crippen molar-refractivity contribution in [3.05, 3.63) is 99.4 Å². The number of esters is 1. The van der Waals surface area contributed by atoms with E-state index in [1.807, 2.05) is 25.1 Å². The summed E-state index contributed by atoms with van der Waals surface area (Å²) >= 11 is 0. The Labute approximate surface area is 238 Å². The van der Waals surface area contributed by atoms with Crippen LogP contribution in [-0.4, -0.2) is 31.7 Å². The minimum absolute atomic E-state index is 0.00831. The number of carbonyl (C=O) groups excluding carboxylic acids is 2. The van der Waals surface area contributed by atoms with Gasteiger partial charge < -0.3 is 18.6 Å². The molecule has 0 saturated carbocycles. The van der Waals surface area contributed by atoms with Crippen molar-refractivity contribution < 1.29 is 28.2 Å². The second-order valence-electron chi connectivity index (χ2n) is 9.71. The molecule has 8 nitrogen and oxygen atoms in total. The highest BCUT2D eigenvalue weighted by molar-refractivity contribution is 6.10. The number of hydrogen-bond donors (Lipinski definition) is 0. The number of para-hydroxylation sites is 1. The van der Waals surface area contributed by atoms with Crippen molar-refractivity contribution in [2.45, 2.75) is 46.1 Å². The number of unbranched alkanes of at least 4 members (excludes halogenated alkanes) is 2. The highest BCUT2D eigenvalue weighted by Crippen LogP contribution is 2.43. The van der Waals surface area contributed by atoms with Crippen LogP contribution in [-0.2, 0) is 4.74 Å². The molecule has 1 aliphatic rings. The van der Waals surface area contributed by atoms with Crippen molar-refractivity contribution in [2.75, 3.05) is 24.7 Å². The van der Waals surface area contributed by atoms with Gasteiger partial charge in [-0.25, -0.2) is 4.79 Å². The topological polar surface area (TPSA) is 95.3 Å². The van der Waals surface area contributed by atoms with E-state index < -0.39 is 17.9 Å². The van der Waals surface area contributed by atoms with Gasteiger partial charge in [-0.2, -0.15) is 0 Å². The molecule has 0 saturated heterocycles. The molecule has 41 heavy (non-hydrogen) atoms. The van der Waals surface area contributed by atoms with Gasteiger partial charge in [0, 0.05) is 5.69 Å². The second-order valence-corrected chi connectivity index (χ2v) is 9.71. The summed E-state index contributed by atoms with van der Waals surface area (Å²) in [6, 6.07) is 18.1. The number of nitrogens with zero attached hydrogens (tertiary/aromatic N) is 1. The molecule has 1 aliphatic heterocycles. The lowest BCUT2D eigenvalue weighted by Gasteiger charge is -2.26. The van der Waals surface area contributed by atoms with Gasteiger partial charge in [0.05, 0.1) is 42.4 Å². The molecule has 4 aromatic rings. The third-order valence-corrected chi connectivity index (χ3v) is 7.02. The molecule has 1 amide bonds. The molecule has 212 valence electrons. The first-order valence-electron chi connectivity index (χ1n) is 14.0. The quantitative estimate of drug-likeness (QED) is 0.150. The first-order chi connectivity index (χ1) is 20.0. The van der Waals surface area contributed by atoms with Crippen molar-refractivity contribution in [2.24, 2.45) is 0 Å². The molecule has 0 aliphatic carbocycles. The third-order valence-electron chi connectivity index (χ3n) is 7.02. The van der Waals surface area contributed by atoms with Gasteiger partial charge in [0.1, 0.15) is 5.58 Å². The fraction of sp³-hybridized carbons (Fsp3) is 0.303. The Hall–Kier alpha value is -4.59. The minimum Gasteiger partial charge on any atom is -0.490 e. The molecule has 1 unspecified atom stereocenters. The maximum absolute atomic E-state index is 13.9. The lowest BCUT2D eigenvalue weighted by Crippen LogP contribution is -2.29. The van der Waals surface area contributed by atoms with Crippen molar-refractivity contribution in [1.29, 1.82) is 0 Å². The standard InChI is InChI=1S/C33H33NO7/c1-4-7-10-19-40-26-18-15-22(20-27(26)38-5-2)29-28-30(35)24-11-8-9-12-25(24)41-31(28)32(36)34(29)23-16-13-21(14-17-23)33(37)39-6-3/h8-9,11-18,20,29H,4-7,10,19H2,1-3H3. The molecule has 5 rings (SSSR count). The van der Waals surface area contributed by atoms with Crippen molar-refractivity contribution in [3.63, 3.8) is 0 Å². The summed E-state index contributed by atoms with van der Waals surface area (Å²) < 4.78 is 23.1. The molecular formula is C33H33NO7. The Kier molecular flexibility index (Phi) is 8.38. The van der Waals surface area contributed by atoms with Crippen LogP contribution in [0.5, 0.6) is 11.5 Å². The lowest BCUT2D eigenvalue weighted by molar-refractivity contribution is 0.0526. The van der Waals surface area contributed by atoms with E-state index in [0.29, 0.717) is 52.5 Å². The zero-order valence-corrected chi connectivity index (χ0v) is 23.5. The van der Waals surface area contributed by atoms with Crippen molar-refractivity contribution in [3.8, 4) is 11.5 Å². The number of anilines is 1. The molecule has 0 bridgehead atoms. The normalized spacial score (nSPS) is 14.3. The van der Waals surface area contributed by atoms with E-state index in [1.165, 1.54) is 4.90 Å². The fourth-order valence-corrected chi connectivity index (χ4v) is 5.09. The Morgan fingerprint density at radius 1 is 0.878 bits per heavy atom. The Balaban J connectivity index is 1.63. The van der Waals surface area contributed by atoms with Gasteiger partial charge in [-0.15, -0.1) is 0 Å². The smallest absolute Gasteiger partial charge is 0.338 e. The molecule has 0 radical (unpaired) electrons. The molecule has 2 heterocycles. The van der Waals surface area contributed by atoms with Gasteiger partial charge in [-0.05, 0) is 74.4 Å². The Morgan fingerprint density at radius 2 is 1.66 bits per heavy atom. The zero-order chi connectivity index (χ0) is 28.9. The van der Waals surface area contributed by atoms with Crippen LogP contribution < -0.4 is 19.8 Å². The number of hydrogen-bond acceptors (Lipinski definition) is 7. The van der Waals surface area contributed by atoms with Crippen LogP contribution in [0.2, 0.25) is 0 Å². The van der Waals surface area contributed by atoms with E-state index >= 15 is 0 Å². The first kappa shape index (κ1) is 28.0. The number of rotatable bonds is 11. The van der Waals surface area contributed by atoms with Crippen molar-refractivity contribution in [1.82, 2.24) is 0 Å². The number of amides is 1. The van der Waals surface area contributed by atoms with E-state index in [1.54, 1.807) is 55.5 Å². The van der Waals surface area contributed by atoms with Gasteiger partial charge >= 0.3 is 5.97 Å². The number of carbonyl (C=O) groups is 2. The Bertz CT molecular complexity index is 1620. The molecule has 8 heteroatoms. The van der Waals surface area contributed by atoms with E-state index in [0.717, 1.165) is 19.3 Å². The molecule has 1 aromatic heterocycles. The maximum atomic E-state index is 13.9. The molecule has 0 fully saturated rings. The second kappa shape index (κ2) is 12.3. The molecule has 3 aromatic carbocycles. The average molecular weight is 556 g/mol. The van der Waals surface area contributed by atoms with Gasteiger partial charge in [0.2, 0.25) is 5.76 Å². The van der Waals surface area contributed by atoms with Crippen LogP contribution in [0.3, 0.4) is 0 Å². The molecule has 0 spiro atoms.